The lowest BCUT2D eigenvalue weighted by Gasteiger charge is -2.27. The number of amides is 1. The first-order valence-corrected chi connectivity index (χ1v) is 12.6. The van der Waals surface area contributed by atoms with Gasteiger partial charge in [0.05, 0.1) is 25.8 Å². The van der Waals surface area contributed by atoms with Crippen molar-refractivity contribution in [3.8, 4) is 23.0 Å². The van der Waals surface area contributed by atoms with Gasteiger partial charge in [-0.2, -0.15) is 0 Å². The molecule has 1 amide bonds. The number of Topliss-reactive ketones (excluding diaryl/α,β-unsaturated/α-hetero) is 1. The minimum atomic E-state index is -0.787. The highest BCUT2D eigenvalue weighted by Crippen LogP contribution is 2.43. The SMILES string of the molecule is CCN(CC)CCCN1C(=O)C(=O)/C(=C(\O)c2ccc3c(c2)OCCO3)C1c1ccc(OC)c(OC)c1. The summed E-state index contributed by atoms with van der Waals surface area (Å²) in [7, 11) is 3.07. The summed E-state index contributed by atoms with van der Waals surface area (Å²) in [5.74, 6) is 0.405. The van der Waals surface area contributed by atoms with Crippen molar-refractivity contribution < 1.29 is 33.6 Å². The van der Waals surface area contributed by atoms with Crippen LogP contribution in [0.15, 0.2) is 42.0 Å². The third kappa shape index (κ3) is 5.22. The van der Waals surface area contributed by atoms with E-state index < -0.39 is 17.7 Å². The maximum atomic E-state index is 13.4. The highest BCUT2D eigenvalue weighted by Gasteiger charge is 2.46. The fourth-order valence-corrected chi connectivity index (χ4v) is 4.83. The molecule has 0 saturated carbocycles. The second kappa shape index (κ2) is 11.6. The maximum absolute atomic E-state index is 13.4. The Morgan fingerprint density at radius 1 is 1.00 bits per heavy atom. The van der Waals surface area contributed by atoms with Gasteiger partial charge < -0.3 is 33.9 Å². The van der Waals surface area contributed by atoms with Crippen LogP contribution in [0.25, 0.3) is 5.76 Å². The molecule has 2 aliphatic heterocycles. The molecular formula is C28H34N2O7. The van der Waals surface area contributed by atoms with Crippen LogP contribution in [0, 0.1) is 0 Å². The number of aliphatic hydroxyl groups is 1. The van der Waals surface area contributed by atoms with Gasteiger partial charge in [0.2, 0.25) is 0 Å². The molecule has 1 N–H and O–H groups in total. The van der Waals surface area contributed by atoms with Crippen molar-refractivity contribution in [3.05, 3.63) is 53.1 Å². The van der Waals surface area contributed by atoms with Crippen LogP contribution < -0.4 is 18.9 Å². The summed E-state index contributed by atoms with van der Waals surface area (Å²) in [5, 5.41) is 11.4. The molecular weight excluding hydrogens is 476 g/mol. The van der Waals surface area contributed by atoms with E-state index in [1.165, 1.54) is 12.0 Å². The molecule has 4 rings (SSSR count). The average Bonchev–Trinajstić information content (AvgIpc) is 3.19. The highest BCUT2D eigenvalue weighted by molar-refractivity contribution is 6.46. The molecule has 9 heteroatoms. The Balaban J connectivity index is 1.78. The molecule has 2 heterocycles. The smallest absolute Gasteiger partial charge is 0.295 e. The molecule has 2 aliphatic rings. The Morgan fingerprint density at radius 3 is 2.38 bits per heavy atom. The van der Waals surface area contributed by atoms with Crippen LogP contribution in [0.4, 0.5) is 0 Å². The monoisotopic (exact) mass is 510 g/mol. The molecule has 1 atom stereocenters. The molecule has 0 radical (unpaired) electrons. The number of hydrogen-bond acceptors (Lipinski definition) is 8. The van der Waals surface area contributed by atoms with Gasteiger partial charge >= 0.3 is 0 Å². The number of nitrogens with zero attached hydrogens (tertiary/aromatic N) is 2. The van der Waals surface area contributed by atoms with E-state index in [-0.39, 0.29) is 11.3 Å². The summed E-state index contributed by atoms with van der Waals surface area (Å²) in [4.78, 5) is 30.4. The molecule has 0 aliphatic carbocycles. The Kier molecular flexibility index (Phi) is 8.23. The van der Waals surface area contributed by atoms with Gasteiger partial charge in [0, 0.05) is 12.1 Å². The van der Waals surface area contributed by atoms with Crippen LogP contribution >= 0.6 is 0 Å². The summed E-state index contributed by atoms with van der Waals surface area (Å²) in [6.07, 6.45) is 0.683. The summed E-state index contributed by atoms with van der Waals surface area (Å²) in [6, 6.07) is 9.44. The molecule has 37 heavy (non-hydrogen) atoms. The van der Waals surface area contributed by atoms with Crippen molar-refractivity contribution in [1.82, 2.24) is 9.80 Å². The predicted molar refractivity (Wildman–Crippen MR) is 138 cm³/mol. The number of carbonyl (C=O) groups excluding carboxylic acids is 2. The molecule has 1 saturated heterocycles. The van der Waals surface area contributed by atoms with Crippen molar-refractivity contribution in [2.75, 3.05) is 53.6 Å². The van der Waals surface area contributed by atoms with Gasteiger partial charge in [0.1, 0.15) is 19.0 Å². The van der Waals surface area contributed by atoms with Crippen LogP contribution in [0.5, 0.6) is 23.0 Å². The van der Waals surface area contributed by atoms with Gasteiger partial charge in [-0.05, 0) is 62.0 Å². The second-order valence-corrected chi connectivity index (χ2v) is 8.85. The zero-order valence-electron chi connectivity index (χ0n) is 21.8. The zero-order valence-corrected chi connectivity index (χ0v) is 21.8. The van der Waals surface area contributed by atoms with Crippen molar-refractivity contribution in [3.63, 3.8) is 0 Å². The number of benzene rings is 2. The Morgan fingerprint density at radius 2 is 1.70 bits per heavy atom. The van der Waals surface area contributed by atoms with Crippen LogP contribution in [-0.4, -0.2) is 80.2 Å². The quantitative estimate of drug-likeness (QED) is 0.294. The minimum Gasteiger partial charge on any atom is -0.507 e. The highest BCUT2D eigenvalue weighted by atomic mass is 16.6. The van der Waals surface area contributed by atoms with Gasteiger partial charge in [-0.15, -0.1) is 0 Å². The molecule has 0 aromatic heterocycles. The molecule has 1 unspecified atom stereocenters. The van der Waals surface area contributed by atoms with Gasteiger partial charge in [-0.3, -0.25) is 9.59 Å². The van der Waals surface area contributed by atoms with E-state index in [2.05, 4.69) is 18.7 Å². The van der Waals surface area contributed by atoms with Crippen LogP contribution in [0.1, 0.15) is 37.4 Å². The number of likely N-dealkylation sites (tertiary alicyclic amines) is 1. The number of fused-ring (bicyclic) bond motifs is 1. The molecule has 0 spiro atoms. The van der Waals surface area contributed by atoms with Crippen molar-refractivity contribution >= 4 is 17.4 Å². The normalized spacial score (nSPS) is 18.4. The van der Waals surface area contributed by atoms with Crippen LogP contribution in [0.2, 0.25) is 0 Å². The van der Waals surface area contributed by atoms with Gasteiger partial charge in [0.15, 0.2) is 23.0 Å². The number of ether oxygens (including phenoxy) is 4. The van der Waals surface area contributed by atoms with Crippen LogP contribution in [-0.2, 0) is 9.59 Å². The maximum Gasteiger partial charge on any atom is 0.295 e. The molecule has 198 valence electrons. The second-order valence-electron chi connectivity index (χ2n) is 8.85. The summed E-state index contributed by atoms with van der Waals surface area (Å²) < 4.78 is 22.1. The van der Waals surface area contributed by atoms with Crippen molar-refractivity contribution in [2.45, 2.75) is 26.3 Å². The third-order valence-electron chi connectivity index (χ3n) is 6.85. The largest absolute Gasteiger partial charge is 0.507 e. The molecule has 2 aromatic rings. The summed E-state index contributed by atoms with van der Waals surface area (Å²) in [5.41, 5.74) is 1.03. The van der Waals surface area contributed by atoms with Crippen LogP contribution in [0.3, 0.4) is 0 Å². The first-order chi connectivity index (χ1) is 17.9. The fourth-order valence-electron chi connectivity index (χ4n) is 4.83. The molecule has 1 fully saturated rings. The molecule has 0 bridgehead atoms. The van der Waals surface area contributed by atoms with Gasteiger partial charge in [-0.25, -0.2) is 0 Å². The van der Waals surface area contributed by atoms with Crippen molar-refractivity contribution in [1.29, 1.82) is 0 Å². The average molecular weight is 511 g/mol. The minimum absolute atomic E-state index is 0.0248. The fraction of sp³-hybridized carbons (Fsp3) is 0.429. The number of aliphatic hydroxyl groups excluding tert-OH is 1. The lowest BCUT2D eigenvalue weighted by atomic mass is 9.94. The lowest BCUT2D eigenvalue weighted by molar-refractivity contribution is -0.140. The first-order valence-electron chi connectivity index (χ1n) is 12.6. The molecule has 9 nitrogen and oxygen atoms in total. The Labute approximate surface area is 217 Å². The van der Waals surface area contributed by atoms with Crippen molar-refractivity contribution in [2.24, 2.45) is 0 Å². The van der Waals surface area contributed by atoms with E-state index in [0.29, 0.717) is 60.3 Å². The number of rotatable bonds is 10. The van der Waals surface area contributed by atoms with E-state index in [9.17, 15) is 14.7 Å². The molecule has 2 aromatic carbocycles. The lowest BCUT2D eigenvalue weighted by Crippen LogP contribution is -2.33. The Bertz CT molecular complexity index is 1190. The van der Waals surface area contributed by atoms with E-state index >= 15 is 0 Å². The van der Waals surface area contributed by atoms with E-state index in [1.807, 2.05) is 0 Å². The topological polar surface area (TPSA) is 97.8 Å². The number of carbonyl (C=O) groups is 2. The van der Waals surface area contributed by atoms with E-state index in [0.717, 1.165) is 19.6 Å². The third-order valence-corrected chi connectivity index (χ3v) is 6.85. The number of hydrogen-bond donors (Lipinski definition) is 1. The zero-order chi connectivity index (χ0) is 26.5. The number of ketones is 1. The van der Waals surface area contributed by atoms with Gasteiger partial charge in [-0.1, -0.05) is 19.9 Å². The Hall–Kier alpha value is -3.72. The van der Waals surface area contributed by atoms with E-state index in [4.69, 9.17) is 18.9 Å². The van der Waals surface area contributed by atoms with E-state index in [1.54, 1.807) is 43.5 Å². The van der Waals surface area contributed by atoms with Gasteiger partial charge in [0.25, 0.3) is 11.7 Å². The summed E-state index contributed by atoms with van der Waals surface area (Å²) >= 11 is 0. The predicted octanol–water partition coefficient (Wildman–Crippen LogP) is 3.63. The summed E-state index contributed by atoms with van der Waals surface area (Å²) in [6.45, 7) is 7.96. The first kappa shape index (κ1) is 26.3. The standard InChI is InChI=1S/C28H34N2O7/c1-5-29(6-2)12-7-13-30-25(18-8-10-20(34-3)22(16-18)35-4)24(27(32)28(30)33)26(31)19-9-11-21-23(17-19)37-15-14-36-21/h8-11,16-17,25,31H,5-7,12-15H2,1-4H3/b26-24-. The number of methoxy groups -OCH3 is 2.